The smallest absolute Gasteiger partial charge is 0.112 e. The molecule has 0 radical (unpaired) electrons. The van der Waals surface area contributed by atoms with E-state index < -0.39 is 5.72 Å². The van der Waals surface area contributed by atoms with Gasteiger partial charge in [-0.3, -0.25) is 4.90 Å². The highest BCUT2D eigenvalue weighted by Gasteiger charge is 2.28. The molecule has 94 valence electrons. The average Bonchev–Trinajstić information content (AvgIpc) is 2.29. The lowest BCUT2D eigenvalue weighted by atomic mass is 9.88. The maximum Gasteiger partial charge on any atom is 0.112 e. The standard InChI is InChI=1S/C15H23NO/c1-12-4-6-13(7-5-12)14-8-10-16(11-9-14)15(2,3)17/h4-7,14,17H,8-11H2,1-3H3. The van der Waals surface area contributed by atoms with Crippen molar-refractivity contribution in [1.82, 2.24) is 4.90 Å². The largest absolute Gasteiger partial charge is 0.376 e. The Morgan fingerprint density at radius 1 is 1.12 bits per heavy atom. The van der Waals surface area contributed by atoms with E-state index in [2.05, 4.69) is 36.1 Å². The minimum atomic E-state index is -0.668. The molecule has 1 saturated heterocycles. The van der Waals surface area contributed by atoms with Gasteiger partial charge in [0, 0.05) is 13.1 Å². The fraction of sp³-hybridized carbons (Fsp3) is 0.600. The maximum absolute atomic E-state index is 9.96. The van der Waals surface area contributed by atoms with Crippen LogP contribution in [-0.2, 0) is 0 Å². The van der Waals surface area contributed by atoms with Gasteiger partial charge < -0.3 is 5.11 Å². The molecule has 2 nitrogen and oxygen atoms in total. The Kier molecular flexibility index (Phi) is 3.55. The van der Waals surface area contributed by atoms with Crippen molar-refractivity contribution in [1.29, 1.82) is 0 Å². The topological polar surface area (TPSA) is 23.5 Å². The first-order valence-corrected chi connectivity index (χ1v) is 6.51. The van der Waals surface area contributed by atoms with Crippen LogP contribution in [0, 0.1) is 6.92 Å². The van der Waals surface area contributed by atoms with Gasteiger partial charge in [0.15, 0.2) is 0 Å². The second kappa shape index (κ2) is 4.79. The fourth-order valence-electron chi connectivity index (χ4n) is 2.60. The van der Waals surface area contributed by atoms with Crippen LogP contribution in [0.25, 0.3) is 0 Å². The number of hydrogen-bond donors (Lipinski definition) is 1. The fourth-order valence-corrected chi connectivity index (χ4v) is 2.60. The van der Waals surface area contributed by atoms with E-state index in [9.17, 15) is 5.11 Å². The third-order valence-corrected chi connectivity index (χ3v) is 3.82. The normalized spacial score (nSPS) is 19.5. The SMILES string of the molecule is Cc1ccc(C2CCN(C(C)(C)O)CC2)cc1. The van der Waals surface area contributed by atoms with E-state index in [1.165, 1.54) is 11.1 Å². The summed E-state index contributed by atoms with van der Waals surface area (Å²) in [5, 5.41) is 9.96. The highest BCUT2D eigenvalue weighted by Crippen LogP contribution is 2.30. The summed E-state index contributed by atoms with van der Waals surface area (Å²) in [6, 6.07) is 8.88. The van der Waals surface area contributed by atoms with Gasteiger partial charge in [-0.05, 0) is 45.1 Å². The van der Waals surface area contributed by atoms with Crippen LogP contribution >= 0.6 is 0 Å². The summed E-state index contributed by atoms with van der Waals surface area (Å²) in [7, 11) is 0. The van der Waals surface area contributed by atoms with Crippen molar-refractivity contribution in [2.75, 3.05) is 13.1 Å². The lowest BCUT2D eigenvalue weighted by Gasteiger charge is -2.39. The lowest BCUT2D eigenvalue weighted by molar-refractivity contribution is -0.0883. The van der Waals surface area contributed by atoms with Crippen molar-refractivity contribution in [2.24, 2.45) is 0 Å². The summed E-state index contributed by atoms with van der Waals surface area (Å²) in [6.45, 7) is 7.85. The maximum atomic E-state index is 9.96. The molecule has 0 aliphatic carbocycles. The molecule has 1 fully saturated rings. The summed E-state index contributed by atoms with van der Waals surface area (Å²) < 4.78 is 0. The number of piperidine rings is 1. The third-order valence-electron chi connectivity index (χ3n) is 3.82. The first-order valence-electron chi connectivity index (χ1n) is 6.51. The van der Waals surface area contributed by atoms with E-state index in [-0.39, 0.29) is 0 Å². The highest BCUT2D eigenvalue weighted by atomic mass is 16.3. The number of rotatable bonds is 2. The van der Waals surface area contributed by atoms with Gasteiger partial charge in [0.2, 0.25) is 0 Å². The van der Waals surface area contributed by atoms with Gasteiger partial charge in [-0.15, -0.1) is 0 Å². The van der Waals surface area contributed by atoms with E-state index in [4.69, 9.17) is 0 Å². The Morgan fingerprint density at radius 2 is 1.65 bits per heavy atom. The van der Waals surface area contributed by atoms with Crippen LogP contribution in [0.5, 0.6) is 0 Å². The number of aryl methyl sites for hydroxylation is 1. The first-order chi connectivity index (χ1) is 7.97. The van der Waals surface area contributed by atoms with E-state index in [1.54, 1.807) is 0 Å². The van der Waals surface area contributed by atoms with Crippen LogP contribution in [-0.4, -0.2) is 28.8 Å². The monoisotopic (exact) mass is 233 g/mol. The highest BCUT2D eigenvalue weighted by molar-refractivity contribution is 5.24. The molecule has 1 aliphatic rings. The second-order valence-electron chi connectivity index (χ2n) is 5.67. The Bertz CT molecular complexity index is 356. The van der Waals surface area contributed by atoms with Crippen molar-refractivity contribution in [2.45, 2.75) is 45.3 Å². The number of hydrogen-bond acceptors (Lipinski definition) is 2. The quantitative estimate of drug-likeness (QED) is 0.849. The number of aliphatic hydroxyl groups is 1. The molecule has 0 saturated carbocycles. The van der Waals surface area contributed by atoms with E-state index in [1.807, 2.05) is 13.8 Å². The predicted octanol–water partition coefficient (Wildman–Crippen LogP) is 2.90. The van der Waals surface area contributed by atoms with Crippen LogP contribution in [0.15, 0.2) is 24.3 Å². The molecule has 2 heteroatoms. The van der Waals surface area contributed by atoms with Gasteiger partial charge in [-0.25, -0.2) is 0 Å². The van der Waals surface area contributed by atoms with Crippen molar-refractivity contribution in [3.8, 4) is 0 Å². The number of benzene rings is 1. The average molecular weight is 233 g/mol. The van der Waals surface area contributed by atoms with Gasteiger partial charge >= 0.3 is 0 Å². The molecule has 1 aliphatic heterocycles. The van der Waals surface area contributed by atoms with Gasteiger partial charge in [-0.1, -0.05) is 29.8 Å². The Balaban J connectivity index is 1.97. The van der Waals surface area contributed by atoms with E-state index in [0.29, 0.717) is 5.92 Å². The van der Waals surface area contributed by atoms with Crippen LogP contribution < -0.4 is 0 Å². The minimum Gasteiger partial charge on any atom is -0.376 e. The van der Waals surface area contributed by atoms with E-state index in [0.717, 1.165) is 25.9 Å². The first kappa shape index (κ1) is 12.6. The van der Waals surface area contributed by atoms with Crippen molar-refractivity contribution >= 4 is 0 Å². The number of likely N-dealkylation sites (tertiary alicyclic amines) is 1. The summed E-state index contributed by atoms with van der Waals surface area (Å²) in [6.07, 6.45) is 2.29. The molecule has 0 amide bonds. The summed E-state index contributed by atoms with van der Waals surface area (Å²) in [5.74, 6) is 0.661. The molecule has 1 aromatic rings. The van der Waals surface area contributed by atoms with Gasteiger partial charge in [0.05, 0.1) is 0 Å². The Hall–Kier alpha value is -0.860. The Labute approximate surface area is 104 Å². The molecule has 0 spiro atoms. The molecule has 0 aromatic heterocycles. The zero-order chi connectivity index (χ0) is 12.5. The van der Waals surface area contributed by atoms with Crippen LogP contribution in [0.3, 0.4) is 0 Å². The predicted molar refractivity (Wildman–Crippen MR) is 71.0 cm³/mol. The molecule has 2 rings (SSSR count). The Morgan fingerprint density at radius 3 is 2.12 bits per heavy atom. The molecular formula is C15H23NO. The summed E-state index contributed by atoms with van der Waals surface area (Å²) >= 11 is 0. The van der Waals surface area contributed by atoms with Crippen molar-refractivity contribution in [3.05, 3.63) is 35.4 Å². The van der Waals surface area contributed by atoms with Crippen molar-refractivity contribution < 1.29 is 5.11 Å². The molecule has 1 heterocycles. The molecular weight excluding hydrogens is 210 g/mol. The zero-order valence-electron chi connectivity index (χ0n) is 11.1. The van der Waals surface area contributed by atoms with Gasteiger partial charge in [-0.2, -0.15) is 0 Å². The minimum absolute atomic E-state index is 0.661. The molecule has 17 heavy (non-hydrogen) atoms. The molecule has 1 N–H and O–H groups in total. The van der Waals surface area contributed by atoms with Gasteiger partial charge in [0.25, 0.3) is 0 Å². The van der Waals surface area contributed by atoms with Crippen LogP contribution in [0.2, 0.25) is 0 Å². The summed E-state index contributed by atoms with van der Waals surface area (Å²) in [5.41, 5.74) is 2.10. The van der Waals surface area contributed by atoms with Crippen molar-refractivity contribution in [3.63, 3.8) is 0 Å². The molecule has 0 bridgehead atoms. The third kappa shape index (κ3) is 3.08. The zero-order valence-corrected chi connectivity index (χ0v) is 11.1. The molecule has 0 unspecified atom stereocenters. The molecule has 0 atom stereocenters. The van der Waals surface area contributed by atoms with E-state index >= 15 is 0 Å². The number of nitrogens with zero attached hydrogens (tertiary/aromatic N) is 1. The summed E-state index contributed by atoms with van der Waals surface area (Å²) in [4.78, 5) is 2.16. The molecule has 1 aromatic carbocycles. The lowest BCUT2D eigenvalue weighted by Crippen LogP contribution is -2.47. The van der Waals surface area contributed by atoms with Crippen LogP contribution in [0.1, 0.15) is 43.7 Å². The van der Waals surface area contributed by atoms with Crippen LogP contribution in [0.4, 0.5) is 0 Å². The van der Waals surface area contributed by atoms with Gasteiger partial charge in [0.1, 0.15) is 5.72 Å². The second-order valence-corrected chi connectivity index (χ2v) is 5.67.